The van der Waals surface area contributed by atoms with Crippen LogP contribution in [0, 0.1) is 13.8 Å². The summed E-state index contributed by atoms with van der Waals surface area (Å²) in [5, 5.41) is 6.27. The van der Waals surface area contributed by atoms with Crippen LogP contribution in [-0.2, 0) is 16.6 Å². The number of sulfonamides is 1. The Bertz CT molecular complexity index is 1240. The van der Waals surface area contributed by atoms with Crippen LogP contribution in [0.4, 0.5) is 13.2 Å². The minimum absolute atomic E-state index is 0.0701. The second-order valence-corrected chi connectivity index (χ2v) is 9.52. The van der Waals surface area contributed by atoms with Gasteiger partial charge in [0.2, 0.25) is 10.0 Å². The van der Waals surface area contributed by atoms with Crippen molar-refractivity contribution in [3.05, 3.63) is 77.1 Å². The molecule has 0 bridgehead atoms. The van der Waals surface area contributed by atoms with Crippen molar-refractivity contribution in [3.8, 4) is 5.69 Å². The van der Waals surface area contributed by atoms with Crippen LogP contribution in [0.1, 0.15) is 27.3 Å². The first kappa shape index (κ1) is 24.5. The highest BCUT2D eigenvalue weighted by Gasteiger charge is 2.28. The van der Waals surface area contributed by atoms with Gasteiger partial charge in [0.1, 0.15) is 6.54 Å². The number of hydrogen-bond acceptors (Lipinski definition) is 4. The van der Waals surface area contributed by atoms with Gasteiger partial charge < -0.3 is 5.32 Å². The van der Waals surface area contributed by atoms with Gasteiger partial charge in [-0.2, -0.15) is 22.6 Å². The summed E-state index contributed by atoms with van der Waals surface area (Å²) >= 11 is 0. The largest absolute Gasteiger partial charge is 0.405 e. The molecule has 0 fully saturated rings. The van der Waals surface area contributed by atoms with Crippen molar-refractivity contribution in [1.82, 2.24) is 19.4 Å². The maximum absolute atomic E-state index is 13.0. The first-order chi connectivity index (χ1) is 15.4. The number of halogens is 3. The number of amides is 1. The summed E-state index contributed by atoms with van der Waals surface area (Å²) in [6.45, 7) is 2.26. The van der Waals surface area contributed by atoms with E-state index >= 15 is 0 Å². The summed E-state index contributed by atoms with van der Waals surface area (Å²) in [5.41, 5.74) is 3.03. The minimum atomic E-state index is -4.54. The number of rotatable bonds is 7. The van der Waals surface area contributed by atoms with Crippen LogP contribution in [0.5, 0.6) is 0 Å². The molecule has 2 aromatic carbocycles. The second-order valence-electron chi connectivity index (χ2n) is 7.48. The molecule has 3 rings (SSSR count). The van der Waals surface area contributed by atoms with Crippen LogP contribution in [-0.4, -0.2) is 48.2 Å². The SMILES string of the molecule is Cc1nn(-c2ccccc2)c(C)c1CN(C)S(=O)(=O)c1ccc(C(=O)NCC(F)(F)F)cc1. The van der Waals surface area contributed by atoms with Gasteiger partial charge in [0.15, 0.2) is 0 Å². The van der Waals surface area contributed by atoms with Gasteiger partial charge in [0.25, 0.3) is 5.91 Å². The second kappa shape index (κ2) is 9.36. The zero-order valence-corrected chi connectivity index (χ0v) is 19.0. The molecule has 33 heavy (non-hydrogen) atoms. The van der Waals surface area contributed by atoms with Gasteiger partial charge in [0.05, 0.1) is 16.3 Å². The van der Waals surface area contributed by atoms with E-state index in [9.17, 15) is 26.4 Å². The highest BCUT2D eigenvalue weighted by Crippen LogP contribution is 2.23. The molecule has 3 aromatic rings. The third-order valence-electron chi connectivity index (χ3n) is 5.10. The quantitative estimate of drug-likeness (QED) is 0.560. The van der Waals surface area contributed by atoms with E-state index in [2.05, 4.69) is 5.10 Å². The number of aryl methyl sites for hydroxylation is 1. The first-order valence-electron chi connectivity index (χ1n) is 9.92. The topological polar surface area (TPSA) is 84.3 Å². The van der Waals surface area contributed by atoms with E-state index in [1.807, 2.05) is 37.3 Å². The van der Waals surface area contributed by atoms with Gasteiger partial charge in [-0.1, -0.05) is 18.2 Å². The van der Waals surface area contributed by atoms with E-state index in [4.69, 9.17) is 0 Å². The van der Waals surface area contributed by atoms with Crippen molar-refractivity contribution in [1.29, 1.82) is 0 Å². The lowest BCUT2D eigenvalue weighted by atomic mass is 10.2. The summed E-state index contributed by atoms with van der Waals surface area (Å²) in [7, 11) is -2.49. The van der Waals surface area contributed by atoms with E-state index < -0.39 is 28.7 Å². The molecule has 0 saturated heterocycles. The van der Waals surface area contributed by atoms with Crippen molar-refractivity contribution in [2.75, 3.05) is 13.6 Å². The zero-order valence-electron chi connectivity index (χ0n) is 18.2. The van der Waals surface area contributed by atoms with E-state index in [0.29, 0.717) is 5.69 Å². The molecule has 1 aromatic heterocycles. The maximum Gasteiger partial charge on any atom is 0.405 e. The van der Waals surface area contributed by atoms with Crippen molar-refractivity contribution in [2.45, 2.75) is 31.5 Å². The Balaban J connectivity index is 1.77. The van der Waals surface area contributed by atoms with Gasteiger partial charge in [-0.3, -0.25) is 4.79 Å². The lowest BCUT2D eigenvalue weighted by Gasteiger charge is -2.18. The Morgan fingerprint density at radius 3 is 2.24 bits per heavy atom. The third kappa shape index (κ3) is 5.60. The number of hydrogen-bond donors (Lipinski definition) is 1. The van der Waals surface area contributed by atoms with E-state index in [1.165, 1.54) is 31.3 Å². The van der Waals surface area contributed by atoms with Crippen molar-refractivity contribution in [2.24, 2.45) is 0 Å². The number of benzene rings is 2. The molecular weight excluding hydrogens is 457 g/mol. The van der Waals surface area contributed by atoms with Crippen LogP contribution in [0.2, 0.25) is 0 Å². The van der Waals surface area contributed by atoms with Crippen LogP contribution < -0.4 is 5.32 Å². The smallest absolute Gasteiger partial charge is 0.343 e. The molecule has 1 amide bonds. The van der Waals surface area contributed by atoms with Crippen LogP contribution in [0.3, 0.4) is 0 Å². The molecule has 176 valence electrons. The fraction of sp³-hybridized carbons (Fsp3) is 0.273. The van der Waals surface area contributed by atoms with E-state index in [0.717, 1.165) is 21.2 Å². The summed E-state index contributed by atoms with van der Waals surface area (Å²) in [4.78, 5) is 11.8. The number of carbonyl (C=O) groups is 1. The molecule has 0 aliphatic rings. The van der Waals surface area contributed by atoms with Crippen LogP contribution in [0.25, 0.3) is 5.69 Å². The Hall–Kier alpha value is -3.18. The summed E-state index contributed by atoms with van der Waals surface area (Å²) < 4.78 is 65.8. The molecule has 1 heterocycles. The fourth-order valence-electron chi connectivity index (χ4n) is 3.27. The highest BCUT2D eigenvalue weighted by atomic mass is 32.2. The molecule has 0 aliphatic heterocycles. The predicted molar refractivity (Wildman–Crippen MR) is 117 cm³/mol. The van der Waals surface area contributed by atoms with E-state index in [1.54, 1.807) is 16.9 Å². The molecule has 0 radical (unpaired) electrons. The fourth-order valence-corrected chi connectivity index (χ4v) is 4.41. The summed E-state index contributed by atoms with van der Waals surface area (Å²) in [6, 6.07) is 14.2. The molecule has 11 heteroatoms. The molecule has 0 unspecified atom stereocenters. The normalized spacial score (nSPS) is 12.2. The summed E-state index contributed by atoms with van der Waals surface area (Å²) in [6.07, 6.45) is -4.54. The maximum atomic E-state index is 13.0. The van der Waals surface area contributed by atoms with Crippen LogP contribution in [0.15, 0.2) is 59.5 Å². The number of aromatic nitrogens is 2. The van der Waals surface area contributed by atoms with Crippen molar-refractivity contribution >= 4 is 15.9 Å². The van der Waals surface area contributed by atoms with Crippen LogP contribution >= 0.6 is 0 Å². The highest BCUT2D eigenvalue weighted by molar-refractivity contribution is 7.89. The van der Waals surface area contributed by atoms with Gasteiger partial charge in [-0.05, 0) is 50.2 Å². The molecule has 0 atom stereocenters. The summed E-state index contributed by atoms with van der Waals surface area (Å²) in [5.74, 6) is -0.941. The van der Waals surface area contributed by atoms with Gasteiger partial charge in [-0.15, -0.1) is 0 Å². The van der Waals surface area contributed by atoms with E-state index in [-0.39, 0.29) is 17.0 Å². The first-order valence-corrected chi connectivity index (χ1v) is 11.4. The van der Waals surface area contributed by atoms with Gasteiger partial charge in [0, 0.05) is 30.4 Å². The number of nitrogens with one attached hydrogen (secondary N) is 1. The van der Waals surface area contributed by atoms with Gasteiger partial charge >= 0.3 is 6.18 Å². The number of nitrogens with zero attached hydrogens (tertiary/aromatic N) is 3. The number of para-hydroxylation sites is 1. The molecular formula is C22H23F3N4O3S. The Kier molecular flexibility index (Phi) is 6.94. The molecule has 1 N–H and O–H groups in total. The average Bonchev–Trinajstić information content (AvgIpc) is 3.06. The molecule has 0 saturated carbocycles. The number of alkyl halides is 3. The zero-order chi connectivity index (χ0) is 24.4. The lowest BCUT2D eigenvalue weighted by molar-refractivity contribution is -0.123. The Labute approximate surface area is 189 Å². The standard InChI is InChI=1S/C22H23F3N4O3S/c1-15-20(16(2)29(27-15)18-7-5-4-6-8-18)13-28(3)33(31,32)19-11-9-17(10-12-19)21(30)26-14-22(23,24)25/h4-12H,13-14H2,1-3H3,(H,26,30). The molecule has 0 aliphatic carbocycles. The Morgan fingerprint density at radius 1 is 1.06 bits per heavy atom. The number of carbonyl (C=O) groups excluding carboxylic acids is 1. The van der Waals surface area contributed by atoms with Crippen molar-refractivity contribution in [3.63, 3.8) is 0 Å². The van der Waals surface area contributed by atoms with Crippen molar-refractivity contribution < 1.29 is 26.4 Å². The van der Waals surface area contributed by atoms with Gasteiger partial charge in [-0.25, -0.2) is 13.1 Å². The molecule has 7 nitrogen and oxygen atoms in total. The monoisotopic (exact) mass is 480 g/mol. The average molecular weight is 481 g/mol. The minimum Gasteiger partial charge on any atom is -0.343 e. The third-order valence-corrected chi connectivity index (χ3v) is 6.91. The lowest BCUT2D eigenvalue weighted by Crippen LogP contribution is -2.33. The Morgan fingerprint density at radius 2 is 1.67 bits per heavy atom. The predicted octanol–water partition coefficient (Wildman–Crippen LogP) is 3.60. The molecule has 0 spiro atoms.